The van der Waals surface area contributed by atoms with Crippen LogP contribution in [0.1, 0.15) is 13.3 Å². The van der Waals surface area contributed by atoms with Gasteiger partial charge < -0.3 is 5.32 Å². The number of amides is 1. The predicted octanol–water partition coefficient (Wildman–Crippen LogP) is 2.15. The molecule has 0 saturated carbocycles. The van der Waals surface area contributed by atoms with Crippen molar-refractivity contribution in [1.29, 1.82) is 0 Å². The molecule has 0 aliphatic rings. The molecule has 1 heterocycles. The number of hydrogen-bond acceptors (Lipinski definition) is 3. The van der Waals surface area contributed by atoms with Gasteiger partial charge in [0.15, 0.2) is 0 Å². The fourth-order valence-corrected chi connectivity index (χ4v) is 1.55. The summed E-state index contributed by atoms with van der Waals surface area (Å²) in [7, 11) is 0. The largest absolute Gasteiger partial charge is 0.310 e. The Morgan fingerprint density at radius 1 is 1.18 bits per heavy atom. The molecule has 4 nitrogen and oxygen atoms in total. The number of aromatic nitrogens is 1. The Kier molecular flexibility index (Phi) is 3.14. The molecule has 2 aromatic rings. The van der Waals surface area contributed by atoms with Crippen molar-refractivity contribution in [2.75, 3.05) is 5.32 Å². The van der Waals surface area contributed by atoms with Gasteiger partial charge in [0, 0.05) is 5.39 Å². The molecule has 2 rings (SSSR count). The van der Waals surface area contributed by atoms with Crippen molar-refractivity contribution >= 4 is 28.4 Å². The van der Waals surface area contributed by atoms with Crippen LogP contribution in [0, 0.1) is 0 Å². The minimum Gasteiger partial charge on any atom is -0.310 e. The van der Waals surface area contributed by atoms with Gasteiger partial charge in [-0.2, -0.15) is 0 Å². The highest BCUT2D eigenvalue weighted by atomic mass is 16.2. The summed E-state index contributed by atoms with van der Waals surface area (Å²) < 4.78 is 0. The molecule has 0 aliphatic carbocycles. The number of para-hydroxylation sites is 1. The number of anilines is 1. The number of nitrogens with one attached hydrogen (secondary N) is 1. The molecule has 1 aromatic carbocycles. The summed E-state index contributed by atoms with van der Waals surface area (Å²) in [6.45, 7) is 1.38. The van der Waals surface area contributed by atoms with Crippen LogP contribution in [0.25, 0.3) is 10.9 Å². The summed E-state index contributed by atoms with van der Waals surface area (Å²) in [5.41, 5.74) is 0.813. The van der Waals surface area contributed by atoms with Crippen molar-refractivity contribution in [1.82, 2.24) is 4.98 Å². The summed E-state index contributed by atoms with van der Waals surface area (Å²) in [6.07, 6.45) is -0.117. The van der Waals surface area contributed by atoms with Gasteiger partial charge >= 0.3 is 0 Å². The maximum atomic E-state index is 11.4. The minimum absolute atomic E-state index is 0.117. The first-order chi connectivity index (χ1) is 8.15. The third-order valence-electron chi connectivity index (χ3n) is 2.28. The Labute approximate surface area is 98.7 Å². The number of nitrogens with zero attached hydrogens (tertiary/aromatic N) is 1. The smallest absolute Gasteiger partial charge is 0.232 e. The summed E-state index contributed by atoms with van der Waals surface area (Å²) in [5, 5.41) is 3.61. The Balaban J connectivity index is 2.19. The normalized spacial score (nSPS) is 10.2. The third-order valence-corrected chi connectivity index (χ3v) is 2.28. The highest BCUT2D eigenvalue weighted by Crippen LogP contribution is 2.14. The fraction of sp³-hybridized carbons (Fsp3) is 0.154. The van der Waals surface area contributed by atoms with Gasteiger partial charge in [0.2, 0.25) is 5.91 Å². The number of fused-ring (bicyclic) bond motifs is 1. The summed E-state index contributed by atoms with van der Waals surface area (Å²) in [4.78, 5) is 26.4. The van der Waals surface area contributed by atoms with Crippen molar-refractivity contribution in [3.8, 4) is 0 Å². The lowest BCUT2D eigenvalue weighted by Gasteiger charge is -2.04. The van der Waals surface area contributed by atoms with Crippen molar-refractivity contribution < 1.29 is 9.59 Å². The van der Waals surface area contributed by atoms with Gasteiger partial charge in [0.05, 0.1) is 11.9 Å². The van der Waals surface area contributed by atoms with E-state index in [2.05, 4.69) is 10.3 Å². The number of carbonyl (C=O) groups excluding carboxylic acids is 2. The second kappa shape index (κ2) is 4.74. The van der Waals surface area contributed by atoms with Crippen LogP contribution in [0.4, 0.5) is 5.82 Å². The summed E-state index contributed by atoms with van der Waals surface area (Å²) in [6, 6.07) is 11.2. The lowest BCUT2D eigenvalue weighted by Crippen LogP contribution is -2.15. The lowest BCUT2D eigenvalue weighted by molar-refractivity contribution is -0.124. The van der Waals surface area contributed by atoms with E-state index < -0.39 is 0 Å². The van der Waals surface area contributed by atoms with E-state index >= 15 is 0 Å². The van der Waals surface area contributed by atoms with E-state index in [9.17, 15) is 9.59 Å². The number of carbonyl (C=O) groups is 2. The van der Waals surface area contributed by atoms with Crippen LogP contribution in [0.3, 0.4) is 0 Å². The van der Waals surface area contributed by atoms with Gasteiger partial charge in [0.1, 0.15) is 11.6 Å². The topological polar surface area (TPSA) is 59.1 Å². The van der Waals surface area contributed by atoms with E-state index in [0.717, 1.165) is 10.9 Å². The van der Waals surface area contributed by atoms with Crippen LogP contribution >= 0.6 is 0 Å². The first kappa shape index (κ1) is 11.3. The molecule has 1 amide bonds. The van der Waals surface area contributed by atoms with Crippen molar-refractivity contribution in [2.24, 2.45) is 0 Å². The molecule has 0 bridgehead atoms. The summed E-state index contributed by atoms with van der Waals surface area (Å²) in [5.74, 6) is -0.0291. The number of pyridine rings is 1. The zero-order chi connectivity index (χ0) is 12.3. The fourth-order valence-electron chi connectivity index (χ4n) is 1.55. The average Bonchev–Trinajstić information content (AvgIpc) is 2.27. The van der Waals surface area contributed by atoms with Gasteiger partial charge in [-0.25, -0.2) is 4.98 Å². The van der Waals surface area contributed by atoms with Crippen LogP contribution in [0.15, 0.2) is 36.4 Å². The molecule has 0 atom stereocenters. The SMILES string of the molecule is CC(=O)CC(=O)Nc1ccc2ccccc2n1. The maximum Gasteiger partial charge on any atom is 0.232 e. The van der Waals surface area contributed by atoms with E-state index in [4.69, 9.17) is 0 Å². The molecule has 0 fully saturated rings. The van der Waals surface area contributed by atoms with Crippen LogP contribution in [0.5, 0.6) is 0 Å². The molecule has 86 valence electrons. The Morgan fingerprint density at radius 2 is 1.94 bits per heavy atom. The average molecular weight is 228 g/mol. The molecular weight excluding hydrogens is 216 g/mol. The van der Waals surface area contributed by atoms with E-state index in [1.54, 1.807) is 6.07 Å². The van der Waals surface area contributed by atoms with Crippen LogP contribution in [0.2, 0.25) is 0 Å². The lowest BCUT2D eigenvalue weighted by atomic mass is 10.2. The van der Waals surface area contributed by atoms with Crippen molar-refractivity contribution in [3.05, 3.63) is 36.4 Å². The molecule has 0 unspecified atom stereocenters. The molecule has 0 aliphatic heterocycles. The molecule has 1 N–H and O–H groups in total. The molecular formula is C13H12N2O2. The van der Waals surface area contributed by atoms with E-state index in [0.29, 0.717) is 5.82 Å². The zero-order valence-corrected chi connectivity index (χ0v) is 9.43. The molecule has 0 saturated heterocycles. The van der Waals surface area contributed by atoms with E-state index in [1.165, 1.54) is 6.92 Å². The number of Topliss-reactive ketones (excluding diaryl/α,β-unsaturated/α-hetero) is 1. The first-order valence-electron chi connectivity index (χ1n) is 5.30. The number of ketones is 1. The minimum atomic E-state index is -0.333. The Hall–Kier alpha value is -2.23. The Bertz CT molecular complexity index is 578. The third kappa shape index (κ3) is 2.87. The Morgan fingerprint density at radius 3 is 2.71 bits per heavy atom. The molecule has 17 heavy (non-hydrogen) atoms. The molecule has 0 radical (unpaired) electrons. The predicted molar refractivity (Wildman–Crippen MR) is 65.7 cm³/mol. The second-order valence-electron chi connectivity index (χ2n) is 3.82. The van der Waals surface area contributed by atoms with Crippen LogP contribution < -0.4 is 5.32 Å². The van der Waals surface area contributed by atoms with Gasteiger partial charge in [-0.1, -0.05) is 18.2 Å². The molecule has 1 aromatic heterocycles. The van der Waals surface area contributed by atoms with Gasteiger partial charge in [-0.3, -0.25) is 9.59 Å². The van der Waals surface area contributed by atoms with E-state index in [-0.39, 0.29) is 18.1 Å². The molecule has 0 spiro atoms. The molecule has 4 heteroatoms. The summed E-state index contributed by atoms with van der Waals surface area (Å²) >= 11 is 0. The number of benzene rings is 1. The standard InChI is InChI=1S/C13H12N2O2/c1-9(16)8-13(17)15-12-7-6-10-4-2-3-5-11(10)14-12/h2-7H,8H2,1H3,(H,14,15,17). The highest BCUT2D eigenvalue weighted by Gasteiger charge is 2.06. The maximum absolute atomic E-state index is 11.4. The van der Waals surface area contributed by atoms with Gasteiger partial charge in [-0.15, -0.1) is 0 Å². The highest BCUT2D eigenvalue weighted by molar-refractivity contribution is 6.03. The zero-order valence-electron chi connectivity index (χ0n) is 9.43. The van der Waals surface area contributed by atoms with Crippen LogP contribution in [-0.2, 0) is 9.59 Å². The van der Waals surface area contributed by atoms with Crippen molar-refractivity contribution in [2.45, 2.75) is 13.3 Å². The monoisotopic (exact) mass is 228 g/mol. The van der Waals surface area contributed by atoms with E-state index in [1.807, 2.05) is 30.3 Å². The quantitative estimate of drug-likeness (QED) is 0.819. The first-order valence-corrected chi connectivity index (χ1v) is 5.30. The van der Waals surface area contributed by atoms with Gasteiger partial charge in [0.25, 0.3) is 0 Å². The second-order valence-corrected chi connectivity index (χ2v) is 3.82. The number of hydrogen-bond donors (Lipinski definition) is 1. The van der Waals surface area contributed by atoms with Crippen molar-refractivity contribution in [3.63, 3.8) is 0 Å². The van der Waals surface area contributed by atoms with Crippen LogP contribution in [-0.4, -0.2) is 16.7 Å². The number of rotatable bonds is 3. The van der Waals surface area contributed by atoms with Gasteiger partial charge in [-0.05, 0) is 25.1 Å².